The molecule has 0 amide bonds. The Morgan fingerprint density at radius 1 is 0.511 bits per heavy atom. The van der Waals surface area contributed by atoms with E-state index in [9.17, 15) is 0 Å². The summed E-state index contributed by atoms with van der Waals surface area (Å²) in [6, 6.07) is 12.3. The van der Waals surface area contributed by atoms with Gasteiger partial charge in [0, 0.05) is 0 Å². The van der Waals surface area contributed by atoms with Crippen LogP contribution in [0.15, 0.2) is 48.0 Å². The lowest BCUT2D eigenvalue weighted by Gasteiger charge is -2.33. The first-order valence-corrected chi connectivity index (χ1v) is 18.4. The number of hydrogen-bond donors (Lipinski definition) is 0. The fourth-order valence-electron chi connectivity index (χ4n) is 6.36. The fourth-order valence-corrected chi connectivity index (χ4v) is 6.36. The maximum atomic E-state index is 5.53. The van der Waals surface area contributed by atoms with E-state index in [0.717, 1.165) is 28.9 Å². The number of rotatable bonds is 0. The van der Waals surface area contributed by atoms with Crippen LogP contribution >= 0.6 is 0 Å². The van der Waals surface area contributed by atoms with E-state index in [2.05, 4.69) is 113 Å². The van der Waals surface area contributed by atoms with E-state index >= 15 is 0 Å². The van der Waals surface area contributed by atoms with Crippen molar-refractivity contribution in [1.82, 2.24) is 0 Å². The highest BCUT2D eigenvalue weighted by Gasteiger charge is 2.25. The van der Waals surface area contributed by atoms with Crippen LogP contribution in [0.2, 0.25) is 0 Å². The summed E-state index contributed by atoms with van der Waals surface area (Å²) >= 11 is 0. The summed E-state index contributed by atoms with van der Waals surface area (Å²) in [4.78, 5) is 0. The number of fused-ring (bicyclic) bond motifs is 2. The van der Waals surface area contributed by atoms with Gasteiger partial charge in [0.1, 0.15) is 13.2 Å². The van der Waals surface area contributed by atoms with E-state index in [4.69, 9.17) is 18.9 Å². The number of benzene rings is 2. The van der Waals surface area contributed by atoms with Crippen LogP contribution in [0, 0.1) is 16.7 Å². The standard InChI is InChI=1S/C12H16O2.C11H14O2.C10H20.C10H18/c1-12(2,3)9-4-5-10-11(8-9)14-7-6-13-10;1-11(2,3)8-4-5-9-10(6-8)13-7-12-9;2*1-10(2,3)9-7-5-4-6-8-9/h4-5,8H,6-7H2,1-3H3;4-6H,7H2,1-3H3;9H,4-8H2,1-3H3;7H,4-6,8H2,1-3H3. The van der Waals surface area contributed by atoms with Crippen molar-refractivity contribution >= 4 is 0 Å². The van der Waals surface area contributed by atoms with Crippen LogP contribution in [-0.2, 0) is 10.8 Å². The largest absolute Gasteiger partial charge is 0.486 e. The third-order valence-electron chi connectivity index (χ3n) is 9.73. The molecule has 2 heterocycles. The molecule has 2 aliphatic heterocycles. The molecule has 0 aromatic heterocycles. The van der Waals surface area contributed by atoms with Gasteiger partial charge in [-0.25, -0.2) is 0 Å². The van der Waals surface area contributed by atoms with E-state index in [0.29, 0.717) is 30.8 Å². The van der Waals surface area contributed by atoms with Gasteiger partial charge in [-0.1, -0.05) is 126 Å². The molecule has 0 radical (unpaired) electrons. The van der Waals surface area contributed by atoms with Gasteiger partial charge in [0.2, 0.25) is 6.79 Å². The zero-order valence-electron chi connectivity index (χ0n) is 32.2. The summed E-state index contributed by atoms with van der Waals surface area (Å²) in [6.07, 6.45) is 15.3. The van der Waals surface area contributed by atoms with Crippen LogP contribution < -0.4 is 18.9 Å². The topological polar surface area (TPSA) is 36.9 Å². The second-order valence-corrected chi connectivity index (χ2v) is 17.9. The molecule has 2 aromatic carbocycles. The third kappa shape index (κ3) is 12.7. The van der Waals surface area contributed by atoms with Crippen molar-refractivity contribution in [3.05, 3.63) is 59.2 Å². The van der Waals surface area contributed by atoms with Crippen LogP contribution in [0.25, 0.3) is 0 Å². The second-order valence-electron chi connectivity index (χ2n) is 17.9. The molecule has 0 bridgehead atoms. The van der Waals surface area contributed by atoms with E-state index < -0.39 is 0 Å². The number of hydrogen-bond acceptors (Lipinski definition) is 4. The monoisotopic (exact) mass is 649 g/mol. The van der Waals surface area contributed by atoms with Gasteiger partial charge in [-0.3, -0.25) is 0 Å². The normalized spacial score (nSPS) is 17.9. The van der Waals surface area contributed by atoms with E-state index in [-0.39, 0.29) is 10.8 Å². The lowest BCUT2D eigenvalue weighted by Crippen LogP contribution is -2.22. The molecule has 0 unspecified atom stereocenters. The van der Waals surface area contributed by atoms with E-state index in [1.807, 2.05) is 12.1 Å². The number of allylic oxidation sites excluding steroid dienone is 2. The minimum Gasteiger partial charge on any atom is -0.486 e. The Labute approximate surface area is 289 Å². The summed E-state index contributed by atoms with van der Waals surface area (Å²) in [5.74, 6) is 4.47. The first-order valence-electron chi connectivity index (χ1n) is 18.4. The fraction of sp³-hybridized carbons (Fsp3) is 0.674. The predicted octanol–water partition coefficient (Wildman–Crippen LogP) is 12.6. The Morgan fingerprint density at radius 3 is 1.43 bits per heavy atom. The molecule has 47 heavy (non-hydrogen) atoms. The zero-order chi connectivity index (χ0) is 34.9. The summed E-state index contributed by atoms with van der Waals surface area (Å²) in [6.45, 7) is 28.9. The van der Waals surface area contributed by atoms with Crippen molar-refractivity contribution < 1.29 is 18.9 Å². The summed E-state index contributed by atoms with van der Waals surface area (Å²) in [5, 5.41) is 0. The van der Waals surface area contributed by atoms with Gasteiger partial charge in [0.25, 0.3) is 0 Å². The summed E-state index contributed by atoms with van der Waals surface area (Å²) in [5.41, 5.74) is 5.55. The molecular weight excluding hydrogens is 580 g/mol. The van der Waals surface area contributed by atoms with Gasteiger partial charge in [0.15, 0.2) is 23.0 Å². The molecule has 2 aliphatic carbocycles. The van der Waals surface area contributed by atoms with Crippen molar-refractivity contribution in [3.8, 4) is 23.0 Å². The van der Waals surface area contributed by atoms with Gasteiger partial charge in [-0.15, -0.1) is 0 Å². The van der Waals surface area contributed by atoms with Gasteiger partial charge >= 0.3 is 0 Å². The quantitative estimate of drug-likeness (QED) is 0.266. The van der Waals surface area contributed by atoms with Crippen LogP contribution in [0.3, 0.4) is 0 Å². The average Bonchev–Trinajstić information content (AvgIpc) is 3.49. The molecule has 0 saturated heterocycles. The highest BCUT2D eigenvalue weighted by Crippen LogP contribution is 2.38. The molecule has 4 aliphatic rings. The van der Waals surface area contributed by atoms with Gasteiger partial charge < -0.3 is 18.9 Å². The Kier molecular flexibility index (Phi) is 13.8. The molecule has 0 atom stereocenters. The molecule has 6 rings (SSSR count). The van der Waals surface area contributed by atoms with Gasteiger partial charge in [0.05, 0.1) is 0 Å². The third-order valence-corrected chi connectivity index (χ3v) is 9.73. The molecule has 0 spiro atoms. The molecule has 0 N–H and O–H groups in total. The molecule has 1 fully saturated rings. The van der Waals surface area contributed by atoms with Crippen LogP contribution in [0.1, 0.15) is 152 Å². The zero-order valence-corrected chi connectivity index (χ0v) is 32.2. The molecule has 2 aromatic rings. The van der Waals surface area contributed by atoms with Crippen LogP contribution in [0.5, 0.6) is 23.0 Å². The van der Waals surface area contributed by atoms with Gasteiger partial charge in [-0.2, -0.15) is 0 Å². The Hall–Kier alpha value is -2.62. The predicted molar refractivity (Wildman–Crippen MR) is 199 cm³/mol. The molecule has 264 valence electrons. The summed E-state index contributed by atoms with van der Waals surface area (Å²) < 4.78 is 21.6. The lowest BCUT2D eigenvalue weighted by atomic mass is 9.72. The minimum atomic E-state index is 0.163. The Balaban J connectivity index is 0.000000172. The first kappa shape index (κ1) is 38.8. The molecule has 4 heteroatoms. The highest BCUT2D eigenvalue weighted by atomic mass is 16.7. The number of ether oxygens (including phenoxy) is 4. The van der Waals surface area contributed by atoms with E-state index in [1.165, 1.54) is 68.9 Å². The summed E-state index contributed by atoms with van der Waals surface area (Å²) in [7, 11) is 0. The lowest BCUT2D eigenvalue weighted by molar-refractivity contribution is 0.171. The Bertz CT molecular complexity index is 1270. The SMILES string of the molecule is CC(C)(C)C1=CCCCC1.CC(C)(C)C1CCCCC1.CC(C)(C)c1ccc2c(c1)OCCO2.CC(C)(C)c1ccc2c(c1)OCO2. The van der Waals surface area contributed by atoms with Crippen molar-refractivity contribution in [1.29, 1.82) is 0 Å². The highest BCUT2D eigenvalue weighted by molar-refractivity contribution is 5.46. The maximum Gasteiger partial charge on any atom is 0.231 e. The van der Waals surface area contributed by atoms with Crippen molar-refractivity contribution in [2.24, 2.45) is 16.7 Å². The molecule has 1 saturated carbocycles. The first-order chi connectivity index (χ1) is 21.9. The van der Waals surface area contributed by atoms with Crippen LogP contribution in [0.4, 0.5) is 0 Å². The second kappa shape index (κ2) is 16.7. The van der Waals surface area contributed by atoms with Crippen molar-refractivity contribution in [2.75, 3.05) is 20.0 Å². The molecule has 4 nitrogen and oxygen atoms in total. The van der Waals surface area contributed by atoms with E-state index in [1.54, 1.807) is 5.57 Å². The Morgan fingerprint density at radius 2 is 1.00 bits per heavy atom. The van der Waals surface area contributed by atoms with Crippen molar-refractivity contribution in [2.45, 2.75) is 152 Å². The average molecular weight is 649 g/mol. The van der Waals surface area contributed by atoms with Crippen LogP contribution in [-0.4, -0.2) is 20.0 Å². The molecular formula is C43H68O4. The van der Waals surface area contributed by atoms with Gasteiger partial charge in [-0.05, 0) is 101 Å². The maximum absolute atomic E-state index is 5.53. The van der Waals surface area contributed by atoms with Crippen molar-refractivity contribution in [3.63, 3.8) is 0 Å². The smallest absolute Gasteiger partial charge is 0.231 e. The minimum absolute atomic E-state index is 0.163.